The lowest BCUT2D eigenvalue weighted by Crippen LogP contribution is -2.41. The average molecular weight is 519 g/mol. The molecule has 174 valence electrons. The van der Waals surface area contributed by atoms with E-state index in [4.69, 9.17) is 4.98 Å². The van der Waals surface area contributed by atoms with Gasteiger partial charge in [0.15, 0.2) is 0 Å². The maximum absolute atomic E-state index is 13.7. The highest BCUT2D eigenvalue weighted by Gasteiger charge is 2.27. The summed E-state index contributed by atoms with van der Waals surface area (Å²) >= 11 is 3.47. The lowest BCUT2D eigenvalue weighted by atomic mass is 10.1. The number of carbonyl (C=O) groups is 1. The maximum Gasteiger partial charge on any atom is 0.266 e. The summed E-state index contributed by atoms with van der Waals surface area (Å²) in [5.74, 6) is 0.425. The highest BCUT2D eigenvalue weighted by atomic mass is 79.9. The third-order valence-electron chi connectivity index (χ3n) is 5.80. The van der Waals surface area contributed by atoms with E-state index in [2.05, 4.69) is 15.9 Å². The Labute approximate surface area is 207 Å². The van der Waals surface area contributed by atoms with E-state index in [1.165, 1.54) is 0 Å². The number of carbonyl (C=O) groups excluding carboxylic acids is 1. The van der Waals surface area contributed by atoms with Gasteiger partial charge in [0.1, 0.15) is 5.82 Å². The van der Waals surface area contributed by atoms with Crippen LogP contribution in [0.1, 0.15) is 29.1 Å². The number of nitrogens with zero attached hydrogens (tertiary/aromatic N) is 4. The van der Waals surface area contributed by atoms with Crippen LogP contribution >= 0.6 is 15.9 Å². The molecule has 0 aliphatic rings. The number of benzene rings is 3. The van der Waals surface area contributed by atoms with Gasteiger partial charge < -0.3 is 9.80 Å². The molecule has 0 aliphatic heterocycles. The van der Waals surface area contributed by atoms with Gasteiger partial charge in [0.05, 0.1) is 22.6 Å². The second kappa shape index (κ2) is 10.3. The van der Waals surface area contributed by atoms with Crippen LogP contribution in [0.5, 0.6) is 0 Å². The van der Waals surface area contributed by atoms with E-state index in [9.17, 15) is 9.59 Å². The van der Waals surface area contributed by atoms with Crippen LogP contribution in [-0.4, -0.2) is 52.4 Å². The number of likely N-dealkylation sites (N-methyl/N-ethyl adjacent to an activating group) is 1. The summed E-state index contributed by atoms with van der Waals surface area (Å²) in [5.41, 5.74) is 1.76. The van der Waals surface area contributed by atoms with Crippen molar-refractivity contribution < 1.29 is 4.79 Å². The monoisotopic (exact) mass is 518 g/mol. The van der Waals surface area contributed by atoms with Crippen LogP contribution < -0.4 is 5.56 Å². The van der Waals surface area contributed by atoms with Crippen LogP contribution in [0.15, 0.2) is 88.1 Å². The van der Waals surface area contributed by atoms with Gasteiger partial charge in [-0.25, -0.2) is 4.98 Å². The first-order valence-electron chi connectivity index (χ1n) is 11.1. The third kappa shape index (κ3) is 4.95. The number of hydrogen-bond acceptors (Lipinski definition) is 4. The smallest absolute Gasteiger partial charge is 0.266 e. The fourth-order valence-corrected chi connectivity index (χ4v) is 4.20. The van der Waals surface area contributed by atoms with E-state index in [-0.39, 0.29) is 11.5 Å². The first-order valence-corrected chi connectivity index (χ1v) is 11.9. The SMILES string of the molecule is CC(c1nc2ccccc2c(=O)n1-c1ccc(Br)cc1)N(CCN(C)C)C(=O)c1ccccc1. The maximum atomic E-state index is 13.7. The van der Waals surface area contributed by atoms with E-state index in [1.807, 2.05) is 98.7 Å². The van der Waals surface area contributed by atoms with Crippen LogP contribution in [0.4, 0.5) is 0 Å². The molecule has 3 aromatic carbocycles. The molecule has 4 aromatic rings. The van der Waals surface area contributed by atoms with Gasteiger partial charge >= 0.3 is 0 Å². The van der Waals surface area contributed by atoms with E-state index < -0.39 is 6.04 Å². The van der Waals surface area contributed by atoms with Crippen molar-refractivity contribution in [2.45, 2.75) is 13.0 Å². The van der Waals surface area contributed by atoms with Crippen molar-refractivity contribution in [1.29, 1.82) is 0 Å². The molecular formula is C27H27BrN4O2. The Morgan fingerprint density at radius 1 is 0.941 bits per heavy atom. The Bertz CT molecular complexity index is 1350. The van der Waals surface area contributed by atoms with E-state index in [0.717, 1.165) is 4.47 Å². The molecule has 1 atom stereocenters. The van der Waals surface area contributed by atoms with Gasteiger partial charge in [-0.1, -0.05) is 46.3 Å². The first kappa shape index (κ1) is 23.9. The summed E-state index contributed by atoms with van der Waals surface area (Å²) in [6.07, 6.45) is 0. The van der Waals surface area contributed by atoms with Crippen LogP contribution in [0.3, 0.4) is 0 Å². The summed E-state index contributed by atoms with van der Waals surface area (Å²) < 4.78 is 2.54. The van der Waals surface area contributed by atoms with Crippen molar-refractivity contribution in [3.63, 3.8) is 0 Å². The number of rotatable bonds is 7. The number of aromatic nitrogens is 2. The van der Waals surface area contributed by atoms with Crippen molar-refractivity contribution in [1.82, 2.24) is 19.4 Å². The minimum absolute atomic E-state index is 0.0975. The number of para-hydroxylation sites is 1. The summed E-state index contributed by atoms with van der Waals surface area (Å²) in [6.45, 7) is 3.10. The summed E-state index contributed by atoms with van der Waals surface area (Å²) in [4.78, 5) is 36.0. The molecule has 0 N–H and O–H groups in total. The van der Waals surface area contributed by atoms with Crippen molar-refractivity contribution in [2.24, 2.45) is 0 Å². The largest absolute Gasteiger partial charge is 0.327 e. The third-order valence-corrected chi connectivity index (χ3v) is 6.33. The predicted molar refractivity (Wildman–Crippen MR) is 139 cm³/mol. The summed E-state index contributed by atoms with van der Waals surface area (Å²) in [5, 5.41) is 0.538. The molecule has 0 saturated heterocycles. The number of hydrogen-bond donors (Lipinski definition) is 0. The van der Waals surface area contributed by atoms with Crippen molar-refractivity contribution in [3.05, 3.63) is 105 Å². The minimum Gasteiger partial charge on any atom is -0.327 e. The minimum atomic E-state index is -0.450. The Hall–Kier alpha value is -3.29. The molecule has 0 aliphatic carbocycles. The molecule has 0 spiro atoms. The van der Waals surface area contributed by atoms with Gasteiger partial charge in [0.25, 0.3) is 11.5 Å². The normalized spacial score (nSPS) is 12.1. The Balaban J connectivity index is 1.89. The molecule has 0 saturated carbocycles. The summed E-state index contributed by atoms with van der Waals surface area (Å²) in [6, 6.07) is 23.6. The van der Waals surface area contributed by atoms with Gasteiger partial charge in [-0.15, -0.1) is 0 Å². The molecule has 34 heavy (non-hydrogen) atoms. The van der Waals surface area contributed by atoms with Gasteiger partial charge in [-0.05, 0) is 69.6 Å². The number of amides is 1. The molecular weight excluding hydrogens is 492 g/mol. The van der Waals surface area contributed by atoms with Gasteiger partial charge in [-0.2, -0.15) is 0 Å². The van der Waals surface area contributed by atoms with E-state index >= 15 is 0 Å². The molecule has 0 bridgehead atoms. The zero-order valence-electron chi connectivity index (χ0n) is 19.5. The van der Waals surface area contributed by atoms with Crippen LogP contribution in [0, 0.1) is 0 Å². The van der Waals surface area contributed by atoms with Crippen LogP contribution in [0.25, 0.3) is 16.6 Å². The Kier molecular flexibility index (Phi) is 7.24. The lowest BCUT2D eigenvalue weighted by molar-refractivity contribution is 0.0667. The highest BCUT2D eigenvalue weighted by molar-refractivity contribution is 9.10. The van der Waals surface area contributed by atoms with Crippen molar-refractivity contribution >= 4 is 32.7 Å². The predicted octanol–water partition coefficient (Wildman–Crippen LogP) is 4.91. The molecule has 1 heterocycles. The molecule has 6 nitrogen and oxygen atoms in total. The molecule has 4 rings (SSSR count). The van der Waals surface area contributed by atoms with E-state index in [0.29, 0.717) is 41.1 Å². The molecule has 0 radical (unpaired) electrons. The number of halogens is 1. The zero-order valence-corrected chi connectivity index (χ0v) is 21.1. The van der Waals surface area contributed by atoms with Crippen molar-refractivity contribution in [3.8, 4) is 5.69 Å². The fourth-order valence-electron chi connectivity index (χ4n) is 3.93. The molecule has 7 heteroatoms. The van der Waals surface area contributed by atoms with Gasteiger partial charge in [-0.3, -0.25) is 14.2 Å². The van der Waals surface area contributed by atoms with Crippen LogP contribution in [0.2, 0.25) is 0 Å². The number of fused-ring (bicyclic) bond motifs is 1. The van der Waals surface area contributed by atoms with Gasteiger partial charge in [0.2, 0.25) is 0 Å². The Morgan fingerprint density at radius 2 is 1.59 bits per heavy atom. The average Bonchev–Trinajstić information content (AvgIpc) is 2.85. The standard InChI is InChI=1S/C27H27BrN4O2/c1-19(31(18-17-30(2)3)26(33)20-9-5-4-6-10-20)25-29-24-12-8-7-11-23(24)27(34)32(25)22-15-13-21(28)14-16-22/h4-16,19H,17-18H2,1-3H3. The second-order valence-electron chi connectivity index (χ2n) is 8.45. The fraction of sp³-hybridized carbons (Fsp3) is 0.222. The molecule has 0 fully saturated rings. The van der Waals surface area contributed by atoms with Crippen molar-refractivity contribution in [2.75, 3.05) is 27.2 Å². The molecule has 1 unspecified atom stereocenters. The summed E-state index contributed by atoms with van der Waals surface area (Å²) in [7, 11) is 3.95. The van der Waals surface area contributed by atoms with E-state index in [1.54, 1.807) is 15.5 Å². The molecule has 1 amide bonds. The zero-order chi connectivity index (χ0) is 24.2. The van der Waals surface area contributed by atoms with Gasteiger partial charge in [0, 0.05) is 23.1 Å². The second-order valence-corrected chi connectivity index (χ2v) is 9.36. The topological polar surface area (TPSA) is 58.4 Å². The Morgan fingerprint density at radius 3 is 2.26 bits per heavy atom. The first-order chi connectivity index (χ1) is 16.4. The highest BCUT2D eigenvalue weighted by Crippen LogP contribution is 2.25. The lowest BCUT2D eigenvalue weighted by Gasteiger charge is -2.31. The van der Waals surface area contributed by atoms with Crippen LogP contribution in [-0.2, 0) is 0 Å². The molecule has 1 aromatic heterocycles. The quantitative estimate of drug-likeness (QED) is 0.348.